The Morgan fingerprint density at radius 1 is 1.25 bits per heavy atom. The van der Waals surface area contributed by atoms with Crippen LogP contribution in [0.15, 0.2) is 30.6 Å². The Bertz CT molecular complexity index is 1020. The quantitative estimate of drug-likeness (QED) is 0.629. The van der Waals surface area contributed by atoms with E-state index in [9.17, 15) is 14.4 Å². The Morgan fingerprint density at radius 2 is 1.97 bits per heavy atom. The fraction of sp³-hybridized carbons (Fsp3) is 0.478. The standard InChI is InChI=1S/C23H30N4O5/c1-15(2)10-11-27-20(28)19-18(21(29)32-5)25-14-26(19)13-23(27,3)22(30)24-12-16-8-6-7-9-17(16)31-4/h6-9,14-15H,10-13H2,1-5H3,(H,24,30)/t23-/m1/s1. The second-order valence-corrected chi connectivity index (χ2v) is 8.47. The molecule has 0 saturated carbocycles. The number of amides is 2. The number of carbonyl (C=O) groups is 3. The van der Waals surface area contributed by atoms with Crippen LogP contribution in [0.3, 0.4) is 0 Å². The Morgan fingerprint density at radius 3 is 2.62 bits per heavy atom. The monoisotopic (exact) mass is 442 g/mol. The number of benzene rings is 1. The van der Waals surface area contributed by atoms with Crippen molar-refractivity contribution < 1.29 is 23.9 Å². The molecule has 0 radical (unpaired) electrons. The van der Waals surface area contributed by atoms with Gasteiger partial charge in [-0.3, -0.25) is 9.59 Å². The molecule has 1 aromatic carbocycles. The summed E-state index contributed by atoms with van der Waals surface area (Å²) in [5, 5.41) is 2.96. The number of ether oxygens (including phenoxy) is 2. The molecule has 0 saturated heterocycles. The summed E-state index contributed by atoms with van der Waals surface area (Å²) in [7, 11) is 2.82. The lowest BCUT2D eigenvalue weighted by Crippen LogP contribution is -2.64. The van der Waals surface area contributed by atoms with E-state index in [1.165, 1.54) is 13.4 Å². The second-order valence-electron chi connectivity index (χ2n) is 8.47. The summed E-state index contributed by atoms with van der Waals surface area (Å²) in [6.45, 7) is 6.66. The number of fused-ring (bicyclic) bond motifs is 1. The van der Waals surface area contributed by atoms with Crippen molar-refractivity contribution in [3.05, 3.63) is 47.5 Å². The number of para-hydroxylation sites is 1. The summed E-state index contributed by atoms with van der Waals surface area (Å²) in [5.74, 6) is -0.381. The first-order chi connectivity index (χ1) is 15.2. The molecule has 2 amide bonds. The number of imidazole rings is 1. The number of aromatic nitrogens is 2. The first-order valence-corrected chi connectivity index (χ1v) is 10.6. The van der Waals surface area contributed by atoms with E-state index >= 15 is 0 Å². The molecular weight excluding hydrogens is 412 g/mol. The summed E-state index contributed by atoms with van der Waals surface area (Å²) in [6, 6.07) is 7.43. The van der Waals surface area contributed by atoms with Crippen LogP contribution in [0.4, 0.5) is 0 Å². The Labute approximate surface area is 187 Å². The zero-order valence-corrected chi connectivity index (χ0v) is 19.2. The van der Waals surface area contributed by atoms with Gasteiger partial charge in [0, 0.05) is 18.7 Å². The molecule has 9 heteroatoms. The third-order valence-corrected chi connectivity index (χ3v) is 5.79. The van der Waals surface area contributed by atoms with Crippen LogP contribution in [0, 0.1) is 5.92 Å². The van der Waals surface area contributed by atoms with E-state index in [4.69, 9.17) is 9.47 Å². The number of methoxy groups -OCH3 is 2. The van der Waals surface area contributed by atoms with Crippen LogP contribution in [-0.2, 0) is 22.6 Å². The molecule has 3 rings (SSSR count). The van der Waals surface area contributed by atoms with Gasteiger partial charge in [0.2, 0.25) is 5.91 Å². The van der Waals surface area contributed by atoms with E-state index in [0.717, 1.165) is 5.56 Å². The summed E-state index contributed by atoms with van der Waals surface area (Å²) in [5.41, 5.74) is -0.215. The van der Waals surface area contributed by atoms with Gasteiger partial charge in [-0.25, -0.2) is 9.78 Å². The van der Waals surface area contributed by atoms with Gasteiger partial charge in [-0.2, -0.15) is 0 Å². The van der Waals surface area contributed by atoms with Gasteiger partial charge >= 0.3 is 5.97 Å². The van der Waals surface area contributed by atoms with Crippen LogP contribution in [-0.4, -0.2) is 58.5 Å². The zero-order valence-electron chi connectivity index (χ0n) is 19.2. The number of hydrogen-bond donors (Lipinski definition) is 1. The molecule has 1 aliphatic heterocycles. The third-order valence-electron chi connectivity index (χ3n) is 5.79. The van der Waals surface area contributed by atoms with E-state index in [1.807, 2.05) is 24.3 Å². The highest BCUT2D eigenvalue weighted by Crippen LogP contribution is 2.30. The van der Waals surface area contributed by atoms with Crippen molar-refractivity contribution in [2.24, 2.45) is 5.92 Å². The average molecular weight is 443 g/mol. The lowest BCUT2D eigenvalue weighted by Gasteiger charge is -2.44. The predicted octanol–water partition coefficient (Wildman–Crippen LogP) is 2.26. The lowest BCUT2D eigenvalue weighted by molar-refractivity contribution is -0.133. The minimum absolute atomic E-state index is 0.0384. The molecular formula is C23H30N4O5. The highest BCUT2D eigenvalue weighted by atomic mass is 16.5. The highest BCUT2D eigenvalue weighted by molar-refractivity contribution is 6.06. The summed E-state index contributed by atoms with van der Waals surface area (Å²) in [4.78, 5) is 44.7. The van der Waals surface area contributed by atoms with Crippen molar-refractivity contribution >= 4 is 17.8 Å². The van der Waals surface area contributed by atoms with Crippen LogP contribution >= 0.6 is 0 Å². The van der Waals surface area contributed by atoms with Gasteiger partial charge in [0.15, 0.2) is 5.69 Å². The topological polar surface area (TPSA) is 103 Å². The molecule has 1 aliphatic rings. The van der Waals surface area contributed by atoms with Gasteiger partial charge < -0.3 is 24.3 Å². The fourth-order valence-electron chi connectivity index (χ4n) is 3.89. The lowest BCUT2D eigenvalue weighted by atomic mass is 9.93. The van der Waals surface area contributed by atoms with Crippen molar-refractivity contribution in [2.75, 3.05) is 20.8 Å². The van der Waals surface area contributed by atoms with Gasteiger partial charge in [0.05, 0.1) is 27.1 Å². The van der Waals surface area contributed by atoms with Gasteiger partial charge in [0.25, 0.3) is 5.91 Å². The molecule has 1 N–H and O–H groups in total. The molecule has 0 bridgehead atoms. The number of esters is 1. The molecule has 2 aromatic rings. The molecule has 0 aliphatic carbocycles. The molecule has 2 heterocycles. The summed E-state index contributed by atoms with van der Waals surface area (Å²) < 4.78 is 11.7. The normalized spacial score (nSPS) is 17.8. The van der Waals surface area contributed by atoms with E-state index in [2.05, 4.69) is 24.1 Å². The molecule has 0 unspecified atom stereocenters. The molecule has 0 fully saturated rings. The van der Waals surface area contributed by atoms with Crippen molar-refractivity contribution in [2.45, 2.75) is 45.8 Å². The van der Waals surface area contributed by atoms with Crippen LogP contribution < -0.4 is 10.1 Å². The summed E-state index contributed by atoms with van der Waals surface area (Å²) >= 11 is 0. The molecule has 172 valence electrons. The van der Waals surface area contributed by atoms with Crippen molar-refractivity contribution in [3.63, 3.8) is 0 Å². The maximum atomic E-state index is 13.5. The van der Waals surface area contributed by atoms with E-state index in [-0.39, 0.29) is 30.4 Å². The average Bonchev–Trinajstić information content (AvgIpc) is 3.20. The fourth-order valence-corrected chi connectivity index (χ4v) is 3.89. The first-order valence-electron chi connectivity index (χ1n) is 10.6. The highest BCUT2D eigenvalue weighted by Gasteiger charge is 2.48. The van der Waals surface area contributed by atoms with Crippen LogP contribution in [0.2, 0.25) is 0 Å². The maximum absolute atomic E-state index is 13.5. The van der Waals surface area contributed by atoms with Gasteiger partial charge in [-0.05, 0) is 25.3 Å². The number of nitrogens with zero attached hydrogens (tertiary/aromatic N) is 3. The van der Waals surface area contributed by atoms with Crippen LogP contribution in [0.25, 0.3) is 0 Å². The number of hydrogen-bond acceptors (Lipinski definition) is 6. The number of rotatable bonds is 8. The molecule has 0 spiro atoms. The summed E-state index contributed by atoms with van der Waals surface area (Å²) in [6.07, 6.45) is 2.12. The Balaban J connectivity index is 1.92. The van der Waals surface area contributed by atoms with Gasteiger partial charge in [0.1, 0.15) is 17.0 Å². The molecule has 9 nitrogen and oxygen atoms in total. The molecule has 1 aromatic heterocycles. The second kappa shape index (κ2) is 9.42. The van der Waals surface area contributed by atoms with E-state index in [0.29, 0.717) is 24.6 Å². The van der Waals surface area contributed by atoms with Gasteiger partial charge in [-0.1, -0.05) is 32.0 Å². The minimum Gasteiger partial charge on any atom is -0.496 e. The molecule has 1 atom stereocenters. The van der Waals surface area contributed by atoms with Crippen molar-refractivity contribution in [1.29, 1.82) is 0 Å². The van der Waals surface area contributed by atoms with Gasteiger partial charge in [-0.15, -0.1) is 0 Å². The number of carbonyl (C=O) groups excluding carboxylic acids is 3. The maximum Gasteiger partial charge on any atom is 0.359 e. The van der Waals surface area contributed by atoms with Crippen molar-refractivity contribution in [3.8, 4) is 5.75 Å². The van der Waals surface area contributed by atoms with Crippen molar-refractivity contribution in [1.82, 2.24) is 19.8 Å². The van der Waals surface area contributed by atoms with E-state index in [1.54, 1.807) is 23.5 Å². The third kappa shape index (κ3) is 4.32. The Hall–Kier alpha value is -3.36. The predicted molar refractivity (Wildman–Crippen MR) is 117 cm³/mol. The largest absolute Gasteiger partial charge is 0.496 e. The SMILES string of the molecule is COC(=O)c1ncn2c1C(=O)N(CCC(C)C)[C@@](C)(C(=O)NCc1ccccc1OC)C2. The zero-order chi connectivity index (χ0) is 23.5. The Kier molecular flexibility index (Phi) is 6.86. The minimum atomic E-state index is -1.16. The van der Waals surface area contributed by atoms with E-state index < -0.39 is 17.4 Å². The first kappa shape index (κ1) is 23.3. The van der Waals surface area contributed by atoms with Crippen LogP contribution in [0.5, 0.6) is 5.75 Å². The molecule has 32 heavy (non-hydrogen) atoms. The smallest absolute Gasteiger partial charge is 0.359 e. The number of nitrogens with one attached hydrogen (secondary N) is 1. The van der Waals surface area contributed by atoms with Crippen LogP contribution in [0.1, 0.15) is 53.7 Å².